The first-order chi connectivity index (χ1) is 6.75. The second kappa shape index (κ2) is 3.75. The minimum Gasteiger partial charge on any atom is -0.479 e. The molecule has 14 heavy (non-hydrogen) atoms. The summed E-state index contributed by atoms with van der Waals surface area (Å²) in [5.41, 5.74) is 0. The van der Waals surface area contributed by atoms with E-state index in [1.54, 1.807) is 17.2 Å². The zero-order valence-corrected chi connectivity index (χ0v) is 7.54. The monoisotopic (exact) mass is 197 g/mol. The third-order valence-electron chi connectivity index (χ3n) is 2.26. The van der Waals surface area contributed by atoms with Gasteiger partial charge in [0.1, 0.15) is 12.7 Å². The van der Waals surface area contributed by atoms with Crippen molar-refractivity contribution in [3.8, 4) is 0 Å². The van der Waals surface area contributed by atoms with Crippen molar-refractivity contribution in [2.75, 3.05) is 0 Å². The molecule has 0 radical (unpaired) electrons. The summed E-state index contributed by atoms with van der Waals surface area (Å²) in [5.74, 6) is -0.878. The van der Waals surface area contributed by atoms with Crippen LogP contribution in [0.2, 0.25) is 0 Å². The molecule has 0 amide bonds. The molecule has 0 bridgehead atoms. The Kier molecular flexibility index (Phi) is 2.45. The fourth-order valence-corrected chi connectivity index (χ4v) is 1.57. The molecule has 0 aromatic carbocycles. The summed E-state index contributed by atoms with van der Waals surface area (Å²) >= 11 is 0. The zero-order chi connectivity index (χ0) is 9.97. The Bertz CT molecular complexity index is 312. The van der Waals surface area contributed by atoms with E-state index in [9.17, 15) is 4.79 Å². The molecule has 2 rings (SSSR count). The van der Waals surface area contributed by atoms with Crippen LogP contribution in [0.5, 0.6) is 0 Å². The van der Waals surface area contributed by atoms with E-state index in [1.165, 1.54) is 0 Å². The molecule has 1 aliphatic rings. The van der Waals surface area contributed by atoms with Crippen LogP contribution in [0.15, 0.2) is 12.7 Å². The number of carboxylic acid groups (broad SMARTS) is 1. The smallest absolute Gasteiger partial charge is 0.332 e. The Hall–Kier alpha value is -1.43. The molecule has 76 valence electrons. The summed E-state index contributed by atoms with van der Waals surface area (Å²) in [6.45, 7) is 0.622. The SMILES string of the molecule is O=C(O)C1CCC(Cn2cnnc2)O1. The van der Waals surface area contributed by atoms with Crippen LogP contribution in [0.1, 0.15) is 12.8 Å². The highest BCUT2D eigenvalue weighted by Crippen LogP contribution is 2.20. The van der Waals surface area contributed by atoms with E-state index in [0.29, 0.717) is 13.0 Å². The maximum absolute atomic E-state index is 10.6. The molecule has 0 aliphatic carbocycles. The fraction of sp³-hybridized carbons (Fsp3) is 0.625. The number of hydrogen-bond donors (Lipinski definition) is 1. The molecule has 0 saturated carbocycles. The number of aliphatic carboxylic acids is 1. The van der Waals surface area contributed by atoms with Gasteiger partial charge in [0, 0.05) is 0 Å². The van der Waals surface area contributed by atoms with Gasteiger partial charge in [0.05, 0.1) is 12.6 Å². The van der Waals surface area contributed by atoms with Crippen LogP contribution in [0.25, 0.3) is 0 Å². The maximum atomic E-state index is 10.6. The number of carboxylic acids is 1. The molecule has 1 aromatic rings. The first kappa shape index (κ1) is 9.14. The van der Waals surface area contributed by atoms with Crippen LogP contribution < -0.4 is 0 Å². The van der Waals surface area contributed by atoms with Crippen molar-refractivity contribution < 1.29 is 14.6 Å². The van der Waals surface area contributed by atoms with Crippen LogP contribution in [0.3, 0.4) is 0 Å². The van der Waals surface area contributed by atoms with Crippen molar-refractivity contribution in [3.63, 3.8) is 0 Å². The lowest BCUT2D eigenvalue weighted by Crippen LogP contribution is -2.22. The van der Waals surface area contributed by atoms with Crippen LogP contribution in [0.4, 0.5) is 0 Å². The Morgan fingerprint density at radius 2 is 2.21 bits per heavy atom. The predicted octanol–water partition coefficient (Wildman–Crippen LogP) is -0.0897. The van der Waals surface area contributed by atoms with E-state index >= 15 is 0 Å². The van der Waals surface area contributed by atoms with Crippen molar-refractivity contribution >= 4 is 5.97 Å². The number of ether oxygens (including phenoxy) is 1. The van der Waals surface area contributed by atoms with Crippen LogP contribution in [-0.2, 0) is 16.1 Å². The van der Waals surface area contributed by atoms with Gasteiger partial charge in [-0.25, -0.2) is 4.79 Å². The van der Waals surface area contributed by atoms with Crippen molar-refractivity contribution in [2.24, 2.45) is 0 Å². The lowest BCUT2D eigenvalue weighted by atomic mass is 10.2. The Morgan fingerprint density at radius 1 is 1.50 bits per heavy atom. The number of hydrogen-bond acceptors (Lipinski definition) is 4. The average molecular weight is 197 g/mol. The lowest BCUT2D eigenvalue weighted by molar-refractivity contribution is -0.149. The lowest BCUT2D eigenvalue weighted by Gasteiger charge is -2.10. The average Bonchev–Trinajstić information content (AvgIpc) is 2.75. The summed E-state index contributed by atoms with van der Waals surface area (Å²) in [4.78, 5) is 10.6. The van der Waals surface area contributed by atoms with Crippen LogP contribution in [0, 0.1) is 0 Å². The van der Waals surface area contributed by atoms with Gasteiger partial charge < -0.3 is 14.4 Å². The zero-order valence-electron chi connectivity index (χ0n) is 7.54. The molecular weight excluding hydrogens is 186 g/mol. The molecule has 1 N–H and O–H groups in total. The highest BCUT2D eigenvalue weighted by atomic mass is 16.5. The molecule has 1 aromatic heterocycles. The van der Waals surface area contributed by atoms with E-state index in [4.69, 9.17) is 9.84 Å². The van der Waals surface area contributed by atoms with Crippen LogP contribution >= 0.6 is 0 Å². The second-order valence-corrected chi connectivity index (χ2v) is 3.32. The molecule has 2 unspecified atom stereocenters. The van der Waals surface area contributed by atoms with Crippen LogP contribution in [-0.4, -0.2) is 38.0 Å². The largest absolute Gasteiger partial charge is 0.479 e. The van der Waals surface area contributed by atoms with Gasteiger partial charge in [0.2, 0.25) is 0 Å². The minimum atomic E-state index is -0.878. The molecule has 6 nitrogen and oxygen atoms in total. The second-order valence-electron chi connectivity index (χ2n) is 3.32. The van der Waals surface area contributed by atoms with Gasteiger partial charge in [-0.05, 0) is 12.8 Å². The molecular formula is C8H11N3O3. The van der Waals surface area contributed by atoms with Gasteiger partial charge in [0.15, 0.2) is 6.10 Å². The molecule has 1 aliphatic heterocycles. The normalized spacial score (nSPS) is 26.6. The standard InChI is InChI=1S/C8H11N3O3/c12-8(13)7-2-1-6(14-7)3-11-4-9-10-5-11/h4-7H,1-3H2,(H,12,13). The van der Waals surface area contributed by atoms with Crippen molar-refractivity contribution in [1.29, 1.82) is 0 Å². The van der Waals surface area contributed by atoms with E-state index in [-0.39, 0.29) is 6.10 Å². The fourth-order valence-electron chi connectivity index (χ4n) is 1.57. The summed E-state index contributed by atoms with van der Waals surface area (Å²) in [7, 11) is 0. The van der Waals surface area contributed by atoms with Gasteiger partial charge in [-0.3, -0.25) is 0 Å². The molecule has 2 heterocycles. The van der Waals surface area contributed by atoms with E-state index in [0.717, 1.165) is 6.42 Å². The van der Waals surface area contributed by atoms with Gasteiger partial charge in [-0.15, -0.1) is 10.2 Å². The van der Waals surface area contributed by atoms with Gasteiger partial charge in [0.25, 0.3) is 0 Å². The third-order valence-corrected chi connectivity index (χ3v) is 2.26. The van der Waals surface area contributed by atoms with Crippen molar-refractivity contribution in [2.45, 2.75) is 31.6 Å². The quantitative estimate of drug-likeness (QED) is 0.732. The molecule has 6 heteroatoms. The van der Waals surface area contributed by atoms with Gasteiger partial charge >= 0.3 is 5.97 Å². The van der Waals surface area contributed by atoms with Gasteiger partial charge in [-0.1, -0.05) is 0 Å². The molecule has 2 atom stereocenters. The van der Waals surface area contributed by atoms with Gasteiger partial charge in [-0.2, -0.15) is 0 Å². The molecule has 0 spiro atoms. The Balaban J connectivity index is 1.87. The summed E-state index contributed by atoms with van der Waals surface area (Å²) in [6, 6.07) is 0. The van der Waals surface area contributed by atoms with E-state index in [1.807, 2.05) is 0 Å². The molecule has 1 saturated heterocycles. The van der Waals surface area contributed by atoms with E-state index < -0.39 is 12.1 Å². The Labute approximate surface area is 80.5 Å². The van der Waals surface area contributed by atoms with Crippen molar-refractivity contribution in [1.82, 2.24) is 14.8 Å². The van der Waals surface area contributed by atoms with E-state index in [2.05, 4.69) is 10.2 Å². The topological polar surface area (TPSA) is 77.2 Å². The first-order valence-corrected chi connectivity index (χ1v) is 4.46. The first-order valence-electron chi connectivity index (χ1n) is 4.46. The van der Waals surface area contributed by atoms with Crippen molar-refractivity contribution in [3.05, 3.63) is 12.7 Å². The highest BCUT2D eigenvalue weighted by Gasteiger charge is 2.30. The predicted molar refractivity (Wildman–Crippen MR) is 45.6 cm³/mol. The third kappa shape index (κ3) is 1.90. The number of rotatable bonds is 3. The molecule has 1 fully saturated rings. The maximum Gasteiger partial charge on any atom is 0.332 e. The number of nitrogens with zero attached hydrogens (tertiary/aromatic N) is 3. The summed E-state index contributed by atoms with van der Waals surface area (Å²) < 4.78 is 7.11. The minimum absolute atomic E-state index is 0.0351. The summed E-state index contributed by atoms with van der Waals surface area (Å²) in [6.07, 6.45) is 3.87. The summed E-state index contributed by atoms with van der Waals surface area (Å²) in [5, 5.41) is 16.0. The number of aromatic nitrogens is 3. The Morgan fingerprint density at radius 3 is 2.79 bits per heavy atom. The number of carbonyl (C=O) groups is 1. The highest BCUT2D eigenvalue weighted by molar-refractivity contribution is 5.72.